The standard InChI is InChI=1S/C45H60N2O20S4.C38H48N2O15S3.4O3S/c1-7-18-64-40(48)30-26-32(42(50)65-19-8-2)38-34(28-30)46(16-10-22-68(52,53)54)36(44(38,3)4)14-9-15-37-45(5,6)39-33(43(51)67-21-13-25-71(61,62)63)27-31(41(49)66-20-12-24-70(58,59)60)29-35(39)47(37)17-11-23-69(55,56)57;1-7-16-54-35(43)24-20-27(36(44)55-17-8-2)33-28(21-24)39(14-10-18-56(45,46)47)31(38(33,5)6)13-9-12-30-37(3,4)32-26(34(41)42)22-25(58(51,52)53)23-29(32)40(30)15-11-19-57(48,49)50;4*1-4(2)3/h9,14-15,26-29H,7-8,10-13,16-25H2,1-6H3,(H3-,52,53,54,55,56,57,58,59,60,61,62,63);9,12-13,20-23H,7-8,10-11,14-19H2,1-6H3,(H3-,41,42,45,46,47,48,49,50,51,52,53);;;;. The predicted octanol–water partition coefficient (Wildman–Crippen LogP) is 5.09. The monoisotopic (exact) mass is 2260 g/mol. The molecular formula is C83H108N4O47S11. The van der Waals surface area contributed by atoms with Crippen LogP contribution in [0.2, 0.25) is 0 Å². The van der Waals surface area contributed by atoms with Gasteiger partial charge in [0, 0.05) is 106 Å². The first kappa shape index (κ1) is 128. The van der Waals surface area contributed by atoms with Crippen molar-refractivity contribution in [2.24, 2.45) is 0 Å². The minimum atomic E-state index is -4.91. The molecule has 0 bridgehead atoms. The van der Waals surface area contributed by atoms with Gasteiger partial charge in [-0.05, 0) is 128 Å². The molecule has 4 aliphatic rings. The number of anilines is 2. The molecule has 0 unspecified atom stereocenters. The SMILES string of the molecule is CCCOC(=O)c1cc(C(=O)OCCC)c2c(c1)[N+](CCCS(=O)(=O)[O-])=C(/C=C/C=C1/N(CCCS(=O)(=O)O)c3cc(C(=O)OCCCS(=O)(=O)O)cc(C(=O)OCCCS(=O)(=O)O)c3C1(C)C)C2(C)C.CCCOC(=O)c1cc(C(=O)OCCC)c2c(c1)[N+](CCCS(=O)(=O)[O-])=C(/C=C/C=C1/N(CCCS(=O)(=O)O)c3cc(S(=O)(=O)O)cc(C(=O)O)c3C1(C)C)C2(C)C.O=S(=O)=O.O=S(=O)=O.O=S(=O)=O.O=S(=O)=O. The predicted molar refractivity (Wildman–Crippen MR) is 508 cm³/mol. The summed E-state index contributed by atoms with van der Waals surface area (Å²) in [5.41, 5.74) is -1.45. The van der Waals surface area contributed by atoms with E-state index >= 15 is 0 Å². The van der Waals surface area contributed by atoms with Crippen molar-refractivity contribution in [1.82, 2.24) is 0 Å². The van der Waals surface area contributed by atoms with E-state index in [0.29, 0.717) is 71.0 Å². The fourth-order valence-corrected chi connectivity index (χ4v) is 19.2. The Hall–Kier alpha value is -11.1. The first-order valence-electron chi connectivity index (χ1n) is 42.9. The second-order valence-corrected chi connectivity index (χ2v) is 45.9. The molecule has 0 saturated heterocycles. The van der Waals surface area contributed by atoms with Gasteiger partial charge in [-0.1, -0.05) is 67.5 Å². The van der Waals surface area contributed by atoms with Gasteiger partial charge in [0.2, 0.25) is 11.4 Å². The number of carbonyl (C=O) groups is 7. The number of allylic oxidation sites excluding steroid dienone is 8. The maximum absolute atomic E-state index is 14.0. The van der Waals surface area contributed by atoms with Crippen molar-refractivity contribution in [1.29, 1.82) is 0 Å². The third-order valence-electron chi connectivity index (χ3n) is 21.2. The number of esters is 6. The Morgan fingerprint density at radius 2 is 0.621 bits per heavy atom. The maximum atomic E-state index is 14.0. The highest BCUT2D eigenvalue weighted by atomic mass is 32.2. The van der Waals surface area contributed by atoms with Gasteiger partial charge in [0.05, 0.1) is 149 Å². The number of ether oxygens (including phenoxy) is 6. The average Bonchev–Trinajstić information content (AvgIpc) is 1.58. The molecule has 8 rings (SSSR count). The van der Waals surface area contributed by atoms with Gasteiger partial charge in [-0.2, -0.15) is 51.2 Å². The quantitative estimate of drug-likeness (QED) is 0.0110. The largest absolute Gasteiger partial charge is 0.748 e. The fraction of sp³-hybridized carbons (Fsp3) is 0.506. The highest BCUT2D eigenvalue weighted by Crippen LogP contribution is 2.53. The second-order valence-electron chi connectivity index (χ2n) is 33.5. The van der Waals surface area contributed by atoms with Crippen LogP contribution >= 0.6 is 0 Å². The van der Waals surface area contributed by atoms with Gasteiger partial charge in [-0.25, -0.2) is 50.4 Å². The Kier molecular flexibility index (Phi) is 48.2. The van der Waals surface area contributed by atoms with Crippen LogP contribution in [0.5, 0.6) is 0 Å². The van der Waals surface area contributed by atoms with Crippen LogP contribution in [0.1, 0.15) is 242 Å². The molecule has 0 fully saturated rings. The Labute approximate surface area is 842 Å². The van der Waals surface area contributed by atoms with Gasteiger partial charge >= 0.3 is 84.2 Å². The summed E-state index contributed by atoms with van der Waals surface area (Å²) in [4.78, 5) is 96.3. The number of carbonyl (C=O) groups excluding carboxylic acids is 6. The minimum absolute atomic E-state index is 0.00497. The molecule has 145 heavy (non-hydrogen) atoms. The van der Waals surface area contributed by atoms with E-state index in [-0.39, 0.29) is 147 Å². The van der Waals surface area contributed by atoms with E-state index in [1.807, 2.05) is 13.8 Å². The molecular weight excluding hydrogens is 2160 g/mol. The van der Waals surface area contributed by atoms with Crippen LogP contribution in [0.25, 0.3) is 0 Å². The Morgan fingerprint density at radius 3 is 0.910 bits per heavy atom. The first-order chi connectivity index (χ1) is 66.5. The van der Waals surface area contributed by atoms with E-state index in [0.717, 1.165) is 18.2 Å². The highest BCUT2D eigenvalue weighted by Gasteiger charge is 2.52. The van der Waals surface area contributed by atoms with Crippen molar-refractivity contribution in [2.75, 3.05) is 110 Å². The van der Waals surface area contributed by atoms with Gasteiger partial charge in [-0.15, -0.1) is 50.5 Å². The molecule has 0 aliphatic carbocycles. The summed E-state index contributed by atoms with van der Waals surface area (Å²) in [6.45, 7) is 20.0. The molecule has 51 nitrogen and oxygen atoms in total. The zero-order valence-corrected chi connectivity index (χ0v) is 88.7. The molecule has 4 aromatic rings. The Balaban J connectivity index is 0.000000656. The van der Waals surface area contributed by atoms with E-state index in [1.54, 1.807) is 120 Å². The molecule has 62 heteroatoms. The molecule has 0 amide bonds. The maximum Gasteiger partial charge on any atom is 0.425 e. The van der Waals surface area contributed by atoms with Crippen LogP contribution in [-0.2, 0) is 163 Å². The summed E-state index contributed by atoms with van der Waals surface area (Å²) in [7, 11) is -44.4. The van der Waals surface area contributed by atoms with E-state index in [2.05, 4.69) is 0 Å². The van der Waals surface area contributed by atoms with Crippen molar-refractivity contribution in [3.63, 3.8) is 0 Å². The Bertz CT molecular complexity index is 7040. The molecule has 0 saturated carbocycles. The third kappa shape index (κ3) is 39.9. The number of carboxylic acid groups (broad SMARTS) is 1. The lowest BCUT2D eigenvalue weighted by Crippen LogP contribution is -2.30. The summed E-state index contributed by atoms with van der Waals surface area (Å²) in [6.07, 6.45) is 10.4. The van der Waals surface area contributed by atoms with Crippen LogP contribution < -0.4 is 9.80 Å². The van der Waals surface area contributed by atoms with Crippen LogP contribution in [-0.4, -0.2) is 309 Å². The number of benzene rings is 4. The molecule has 0 atom stereocenters. The van der Waals surface area contributed by atoms with Crippen LogP contribution in [0.4, 0.5) is 22.7 Å². The number of nitrogens with zero attached hydrogens (tertiary/aromatic N) is 4. The van der Waals surface area contributed by atoms with Crippen LogP contribution in [0.15, 0.2) is 101 Å². The summed E-state index contributed by atoms with van der Waals surface area (Å²) >= 11 is 0. The summed E-state index contributed by atoms with van der Waals surface area (Å²) in [5.74, 6) is -10.8. The Morgan fingerprint density at radius 1 is 0.352 bits per heavy atom. The number of hydrogen-bond donors (Lipinski definition) is 6. The van der Waals surface area contributed by atoms with Crippen LogP contribution in [0, 0.1) is 0 Å². The van der Waals surface area contributed by atoms with E-state index < -0.39 is 235 Å². The lowest BCUT2D eigenvalue weighted by Gasteiger charge is -2.27. The van der Waals surface area contributed by atoms with Crippen molar-refractivity contribution >= 4 is 189 Å². The van der Waals surface area contributed by atoms with Gasteiger partial charge in [0.1, 0.15) is 13.1 Å². The van der Waals surface area contributed by atoms with E-state index in [4.69, 9.17) is 83.5 Å². The van der Waals surface area contributed by atoms with Crippen molar-refractivity contribution in [3.8, 4) is 0 Å². The number of carboxylic acids is 1. The van der Waals surface area contributed by atoms with Gasteiger partial charge in [0.25, 0.3) is 50.6 Å². The molecule has 4 aliphatic heterocycles. The normalized spacial score (nSPS) is 15.2. The van der Waals surface area contributed by atoms with Crippen molar-refractivity contribution < 1.29 is 218 Å². The first-order valence-corrected chi connectivity index (χ1v) is 57.9. The molecule has 6 N–H and O–H groups in total. The molecule has 4 aromatic carbocycles. The number of rotatable bonds is 44. The number of aromatic carboxylic acids is 1. The molecule has 808 valence electrons. The summed E-state index contributed by atoms with van der Waals surface area (Å²) in [6, 6.07) is 10.2. The third-order valence-corrected chi connectivity index (χ3v) is 26.8. The zero-order valence-electron chi connectivity index (χ0n) is 79.7. The fourth-order valence-electron chi connectivity index (χ4n) is 15.8. The minimum Gasteiger partial charge on any atom is -0.748 e. The van der Waals surface area contributed by atoms with Crippen molar-refractivity contribution in [2.45, 2.75) is 174 Å². The smallest absolute Gasteiger partial charge is 0.425 e. The summed E-state index contributed by atoms with van der Waals surface area (Å²) < 4.78 is 372. The zero-order chi connectivity index (χ0) is 111. The number of hydrogen-bond acceptors (Lipinski definition) is 43. The van der Waals surface area contributed by atoms with E-state index in [9.17, 15) is 125 Å². The highest BCUT2D eigenvalue weighted by molar-refractivity contribution is 7.87. The van der Waals surface area contributed by atoms with Crippen molar-refractivity contribution in [3.05, 3.63) is 158 Å². The van der Waals surface area contributed by atoms with Gasteiger partial charge in [0.15, 0.2) is 11.4 Å². The molecule has 4 heterocycles. The van der Waals surface area contributed by atoms with Gasteiger partial charge < -0.3 is 52.4 Å². The summed E-state index contributed by atoms with van der Waals surface area (Å²) in [5, 5.41) is 10.2. The number of fused-ring (bicyclic) bond motifs is 4. The second kappa shape index (κ2) is 54.6. The molecule has 0 aromatic heterocycles. The van der Waals surface area contributed by atoms with Crippen LogP contribution in [0.3, 0.4) is 0 Å². The average molecular weight is 2270 g/mol. The van der Waals surface area contributed by atoms with E-state index in [1.165, 1.54) is 35.2 Å². The topological polar surface area (TPSA) is 799 Å². The molecule has 0 spiro atoms. The molecule has 0 radical (unpaired) electrons. The lowest BCUT2D eigenvalue weighted by atomic mass is 9.78. The lowest BCUT2D eigenvalue weighted by molar-refractivity contribution is -0.437. The van der Waals surface area contributed by atoms with Gasteiger partial charge in [-0.3, -0.25) is 22.8 Å².